The number of nitrogens with two attached hydrogens (primary N) is 1. The zero-order valence-corrected chi connectivity index (χ0v) is 11.4. The fourth-order valence-corrected chi connectivity index (χ4v) is 2.21. The van der Waals surface area contributed by atoms with Gasteiger partial charge >= 0.3 is 0 Å². The Balaban J connectivity index is 1.58. The molecule has 2 heterocycles. The number of fused-ring (bicyclic) bond motifs is 1. The molecular weight excluding hydrogens is 268 g/mol. The van der Waals surface area contributed by atoms with E-state index in [4.69, 9.17) is 5.73 Å². The average molecular weight is 284 g/mol. The molecule has 0 bridgehead atoms. The summed E-state index contributed by atoms with van der Waals surface area (Å²) in [5, 5.41) is 10.4. The van der Waals surface area contributed by atoms with Crippen LogP contribution in [0.5, 0.6) is 0 Å². The Hall–Kier alpha value is -2.83. The van der Waals surface area contributed by atoms with E-state index in [-0.39, 0.29) is 5.91 Å². The number of H-pyrrole nitrogens is 2. The second-order valence-corrected chi connectivity index (χ2v) is 4.79. The minimum atomic E-state index is -0.136. The molecule has 0 spiro atoms. The average Bonchev–Trinajstić information content (AvgIpc) is 3.13. The van der Waals surface area contributed by atoms with E-state index < -0.39 is 0 Å². The molecular formula is C14H16N6O. The van der Waals surface area contributed by atoms with Crippen LogP contribution in [0.1, 0.15) is 22.7 Å². The van der Waals surface area contributed by atoms with Gasteiger partial charge in [-0.2, -0.15) is 5.10 Å². The van der Waals surface area contributed by atoms with Crippen molar-refractivity contribution in [2.75, 3.05) is 12.3 Å². The van der Waals surface area contributed by atoms with Gasteiger partial charge in [0, 0.05) is 18.4 Å². The molecule has 7 nitrogen and oxygen atoms in total. The van der Waals surface area contributed by atoms with E-state index in [9.17, 15) is 4.79 Å². The lowest BCUT2D eigenvalue weighted by atomic mass is 10.2. The Morgan fingerprint density at radius 1 is 1.38 bits per heavy atom. The van der Waals surface area contributed by atoms with Gasteiger partial charge in [0.1, 0.15) is 17.8 Å². The van der Waals surface area contributed by atoms with Crippen molar-refractivity contribution in [3.8, 4) is 0 Å². The van der Waals surface area contributed by atoms with E-state index in [1.807, 2.05) is 12.1 Å². The van der Waals surface area contributed by atoms with Crippen molar-refractivity contribution in [2.45, 2.75) is 12.8 Å². The number of benzene rings is 1. The first-order chi connectivity index (χ1) is 10.2. The highest BCUT2D eigenvalue weighted by molar-refractivity contribution is 6.00. The van der Waals surface area contributed by atoms with Crippen LogP contribution in [-0.2, 0) is 6.42 Å². The van der Waals surface area contributed by atoms with Crippen LogP contribution in [0.25, 0.3) is 10.9 Å². The van der Waals surface area contributed by atoms with Crippen LogP contribution in [0.15, 0.2) is 30.6 Å². The number of hydrogen-bond acceptors (Lipinski definition) is 4. The zero-order valence-electron chi connectivity index (χ0n) is 11.4. The Morgan fingerprint density at radius 2 is 2.29 bits per heavy atom. The summed E-state index contributed by atoms with van der Waals surface area (Å²) >= 11 is 0. The molecule has 0 aliphatic rings. The molecule has 2 aromatic heterocycles. The monoisotopic (exact) mass is 284 g/mol. The van der Waals surface area contributed by atoms with Gasteiger partial charge in [-0.15, -0.1) is 0 Å². The quantitative estimate of drug-likeness (QED) is 0.417. The third-order valence-corrected chi connectivity index (χ3v) is 3.27. The van der Waals surface area contributed by atoms with Gasteiger partial charge in [0.05, 0.1) is 11.2 Å². The molecule has 0 aliphatic heterocycles. The van der Waals surface area contributed by atoms with E-state index in [1.54, 1.807) is 12.1 Å². The van der Waals surface area contributed by atoms with Crippen LogP contribution < -0.4 is 11.1 Å². The second kappa shape index (κ2) is 5.66. The zero-order chi connectivity index (χ0) is 14.7. The smallest absolute Gasteiger partial charge is 0.267 e. The van der Waals surface area contributed by atoms with Crippen LogP contribution in [-0.4, -0.2) is 32.6 Å². The van der Waals surface area contributed by atoms with Crippen molar-refractivity contribution >= 4 is 22.5 Å². The summed E-state index contributed by atoms with van der Waals surface area (Å²) in [6.07, 6.45) is 3.02. The molecule has 0 saturated carbocycles. The molecule has 21 heavy (non-hydrogen) atoms. The minimum Gasteiger partial charge on any atom is -0.397 e. The van der Waals surface area contributed by atoms with Gasteiger partial charge in [-0.25, -0.2) is 4.98 Å². The number of nitrogens with zero attached hydrogens (tertiary/aromatic N) is 2. The second-order valence-electron chi connectivity index (χ2n) is 4.79. The Bertz CT molecular complexity index is 746. The summed E-state index contributed by atoms with van der Waals surface area (Å²) in [5.74, 6) is 0.686. The predicted molar refractivity (Wildman–Crippen MR) is 79.7 cm³/mol. The summed E-state index contributed by atoms with van der Waals surface area (Å²) in [7, 11) is 0. The van der Waals surface area contributed by atoms with Gasteiger partial charge in [0.15, 0.2) is 0 Å². The van der Waals surface area contributed by atoms with Crippen LogP contribution in [0.3, 0.4) is 0 Å². The molecule has 0 fully saturated rings. The minimum absolute atomic E-state index is 0.136. The molecule has 0 unspecified atom stereocenters. The van der Waals surface area contributed by atoms with Gasteiger partial charge in [0.2, 0.25) is 0 Å². The van der Waals surface area contributed by atoms with Crippen molar-refractivity contribution in [3.63, 3.8) is 0 Å². The van der Waals surface area contributed by atoms with Crippen LogP contribution >= 0.6 is 0 Å². The molecule has 108 valence electrons. The SMILES string of the molecule is Nc1cccc2cc(C(=O)NCCCc3ncn[nH]3)[nH]c12. The van der Waals surface area contributed by atoms with E-state index >= 15 is 0 Å². The molecule has 3 rings (SSSR count). The van der Waals surface area contributed by atoms with Gasteiger partial charge in [-0.05, 0) is 18.6 Å². The maximum absolute atomic E-state index is 12.1. The highest BCUT2D eigenvalue weighted by Gasteiger charge is 2.10. The fraction of sp³-hybridized carbons (Fsp3) is 0.214. The van der Waals surface area contributed by atoms with Crippen LogP contribution in [0.4, 0.5) is 5.69 Å². The lowest BCUT2D eigenvalue weighted by Gasteiger charge is -2.02. The number of hydrogen-bond donors (Lipinski definition) is 4. The molecule has 1 aromatic carbocycles. The van der Waals surface area contributed by atoms with Crippen molar-refractivity contribution < 1.29 is 4.79 Å². The molecule has 0 aliphatic carbocycles. The van der Waals surface area contributed by atoms with Crippen LogP contribution in [0.2, 0.25) is 0 Å². The third-order valence-electron chi connectivity index (χ3n) is 3.27. The maximum atomic E-state index is 12.1. The first-order valence-corrected chi connectivity index (χ1v) is 6.73. The predicted octanol–water partition coefficient (Wildman–Crippen LogP) is 1.23. The van der Waals surface area contributed by atoms with Crippen molar-refractivity contribution in [1.29, 1.82) is 0 Å². The largest absolute Gasteiger partial charge is 0.397 e. The van der Waals surface area contributed by atoms with Crippen molar-refractivity contribution in [3.05, 3.63) is 42.1 Å². The molecule has 0 atom stereocenters. The molecule has 0 saturated heterocycles. The maximum Gasteiger partial charge on any atom is 0.267 e. The topological polar surface area (TPSA) is 112 Å². The van der Waals surface area contributed by atoms with Gasteiger partial charge in [0.25, 0.3) is 5.91 Å². The highest BCUT2D eigenvalue weighted by Crippen LogP contribution is 2.20. The summed E-state index contributed by atoms with van der Waals surface area (Å²) in [4.78, 5) is 19.2. The molecule has 5 N–H and O–H groups in total. The number of amides is 1. The molecule has 7 heteroatoms. The number of carbonyl (C=O) groups is 1. The lowest BCUT2D eigenvalue weighted by molar-refractivity contribution is 0.0949. The molecule has 3 aromatic rings. The third kappa shape index (κ3) is 2.86. The number of carbonyl (C=O) groups excluding carboxylic acids is 1. The van der Waals surface area contributed by atoms with E-state index in [0.29, 0.717) is 17.9 Å². The van der Waals surface area contributed by atoms with E-state index in [1.165, 1.54) is 6.33 Å². The first-order valence-electron chi connectivity index (χ1n) is 6.73. The van der Waals surface area contributed by atoms with Gasteiger partial charge < -0.3 is 16.0 Å². The molecule has 0 radical (unpaired) electrons. The van der Waals surface area contributed by atoms with Crippen molar-refractivity contribution in [1.82, 2.24) is 25.5 Å². The summed E-state index contributed by atoms with van der Waals surface area (Å²) in [5.41, 5.74) is 7.81. The van der Waals surface area contributed by atoms with Gasteiger partial charge in [-0.3, -0.25) is 9.89 Å². The van der Waals surface area contributed by atoms with Crippen LogP contribution in [0, 0.1) is 0 Å². The number of aromatic amines is 2. The first kappa shape index (κ1) is 13.2. The standard InChI is InChI=1S/C14H16N6O/c15-10-4-1-3-9-7-11(19-13(9)10)14(21)16-6-2-5-12-17-8-18-20-12/h1,3-4,7-8,19H,2,5-6,15H2,(H,16,21)(H,17,18,20). The normalized spacial score (nSPS) is 10.9. The Morgan fingerprint density at radius 3 is 3.05 bits per heavy atom. The number of nitrogen functional groups attached to an aromatic ring is 1. The van der Waals surface area contributed by atoms with Crippen molar-refractivity contribution in [2.24, 2.45) is 0 Å². The van der Waals surface area contributed by atoms with Gasteiger partial charge in [-0.1, -0.05) is 12.1 Å². The number of nitrogens with one attached hydrogen (secondary N) is 3. The number of aryl methyl sites for hydroxylation is 1. The Labute approximate surface area is 121 Å². The number of rotatable bonds is 5. The fourth-order valence-electron chi connectivity index (χ4n) is 2.21. The number of anilines is 1. The Kier molecular flexibility index (Phi) is 3.55. The highest BCUT2D eigenvalue weighted by atomic mass is 16.1. The number of para-hydroxylation sites is 1. The summed E-state index contributed by atoms with van der Waals surface area (Å²) in [6, 6.07) is 7.39. The summed E-state index contributed by atoms with van der Waals surface area (Å²) < 4.78 is 0. The lowest BCUT2D eigenvalue weighted by Crippen LogP contribution is -2.25. The number of aromatic nitrogens is 4. The van der Waals surface area contributed by atoms with E-state index in [0.717, 1.165) is 29.6 Å². The molecule has 1 amide bonds. The summed E-state index contributed by atoms with van der Waals surface area (Å²) in [6.45, 7) is 0.574. The van der Waals surface area contributed by atoms with E-state index in [2.05, 4.69) is 25.5 Å².